The van der Waals surface area contributed by atoms with E-state index in [1.165, 1.54) is 6.07 Å². The van der Waals surface area contributed by atoms with Gasteiger partial charge in [-0.05, 0) is 51.3 Å². The smallest absolute Gasteiger partial charge is 0.127 e. The molecule has 1 aromatic rings. The molecule has 2 nitrogen and oxygen atoms in total. The molecule has 1 aromatic carbocycles. The van der Waals surface area contributed by atoms with Crippen LogP contribution in [0.1, 0.15) is 38.7 Å². The van der Waals surface area contributed by atoms with Crippen molar-refractivity contribution in [1.29, 1.82) is 0 Å². The Labute approximate surface area is 126 Å². The van der Waals surface area contributed by atoms with Gasteiger partial charge in [-0.2, -0.15) is 0 Å². The average molecular weight is 302 g/mol. The first-order valence-electron chi connectivity index (χ1n) is 7.43. The maximum Gasteiger partial charge on any atom is 0.127 e. The molecule has 0 fully saturated rings. The normalized spacial score (nSPS) is 12.6. The summed E-state index contributed by atoms with van der Waals surface area (Å²) in [5, 5.41) is 3.98. The lowest BCUT2D eigenvalue weighted by Crippen LogP contribution is -2.32. The Morgan fingerprint density at radius 2 is 2.15 bits per heavy atom. The third kappa shape index (κ3) is 6.21. The molecule has 0 amide bonds. The second-order valence-electron chi connectivity index (χ2n) is 4.89. The van der Waals surface area contributed by atoms with Crippen molar-refractivity contribution >= 4 is 11.6 Å². The van der Waals surface area contributed by atoms with Crippen LogP contribution in [0, 0.1) is 5.82 Å². The van der Waals surface area contributed by atoms with E-state index in [0.717, 1.165) is 39.0 Å². The molecular formula is C16H25ClFNO. The highest BCUT2D eigenvalue weighted by atomic mass is 35.5. The number of rotatable bonds is 10. The minimum absolute atomic E-state index is 0.217. The Balaban J connectivity index is 2.58. The second kappa shape index (κ2) is 10.1. The van der Waals surface area contributed by atoms with Gasteiger partial charge in [-0.1, -0.05) is 24.6 Å². The maximum absolute atomic E-state index is 13.8. The van der Waals surface area contributed by atoms with E-state index in [1.54, 1.807) is 12.1 Å². The van der Waals surface area contributed by atoms with E-state index in [2.05, 4.69) is 12.2 Å². The molecule has 0 aliphatic rings. The van der Waals surface area contributed by atoms with Gasteiger partial charge in [0, 0.05) is 29.8 Å². The number of benzene rings is 1. The van der Waals surface area contributed by atoms with Gasteiger partial charge in [0.2, 0.25) is 0 Å². The van der Waals surface area contributed by atoms with Crippen LogP contribution >= 0.6 is 11.6 Å². The molecule has 0 aliphatic carbocycles. The minimum atomic E-state index is -0.217. The summed E-state index contributed by atoms with van der Waals surface area (Å²) in [7, 11) is 0. The first-order chi connectivity index (χ1) is 9.69. The standard InChI is InChI=1S/C16H25ClFNO/c1-3-10-19-13(7-6-11-20-4-2)12-14-15(17)8-5-9-16(14)18/h5,8-9,13,19H,3-4,6-7,10-12H2,1-2H3. The van der Waals surface area contributed by atoms with Crippen LogP contribution in [0.5, 0.6) is 0 Å². The molecule has 0 aromatic heterocycles. The average Bonchev–Trinajstić information content (AvgIpc) is 2.44. The van der Waals surface area contributed by atoms with Gasteiger partial charge in [-0.25, -0.2) is 4.39 Å². The lowest BCUT2D eigenvalue weighted by atomic mass is 10.0. The summed E-state index contributed by atoms with van der Waals surface area (Å²) < 4.78 is 19.2. The largest absolute Gasteiger partial charge is 0.382 e. The van der Waals surface area contributed by atoms with Crippen LogP contribution < -0.4 is 5.32 Å². The Bertz CT molecular complexity index is 366. The molecule has 1 atom stereocenters. The van der Waals surface area contributed by atoms with Gasteiger partial charge in [0.05, 0.1) is 0 Å². The van der Waals surface area contributed by atoms with Crippen molar-refractivity contribution < 1.29 is 9.13 Å². The first-order valence-corrected chi connectivity index (χ1v) is 7.80. The van der Waals surface area contributed by atoms with Crippen molar-refractivity contribution in [3.8, 4) is 0 Å². The second-order valence-corrected chi connectivity index (χ2v) is 5.30. The van der Waals surface area contributed by atoms with Gasteiger partial charge in [0.25, 0.3) is 0 Å². The van der Waals surface area contributed by atoms with Crippen molar-refractivity contribution in [3.63, 3.8) is 0 Å². The van der Waals surface area contributed by atoms with Gasteiger partial charge in [0.15, 0.2) is 0 Å². The van der Waals surface area contributed by atoms with Crippen molar-refractivity contribution in [2.45, 2.75) is 45.6 Å². The van der Waals surface area contributed by atoms with Gasteiger partial charge in [-0.3, -0.25) is 0 Å². The van der Waals surface area contributed by atoms with Crippen molar-refractivity contribution in [1.82, 2.24) is 5.32 Å². The lowest BCUT2D eigenvalue weighted by Gasteiger charge is -2.19. The third-order valence-corrected chi connectivity index (χ3v) is 3.59. The number of ether oxygens (including phenoxy) is 1. The summed E-state index contributed by atoms with van der Waals surface area (Å²) >= 11 is 6.10. The van der Waals surface area contributed by atoms with Crippen LogP contribution in [0.4, 0.5) is 4.39 Å². The summed E-state index contributed by atoms with van der Waals surface area (Å²) in [6, 6.07) is 5.10. The molecule has 4 heteroatoms. The van der Waals surface area contributed by atoms with Crippen LogP contribution in [0.15, 0.2) is 18.2 Å². The first kappa shape index (κ1) is 17.4. The van der Waals surface area contributed by atoms with Crippen molar-refractivity contribution in [2.24, 2.45) is 0 Å². The molecule has 1 rings (SSSR count). The van der Waals surface area contributed by atoms with Gasteiger partial charge in [0.1, 0.15) is 5.82 Å². The molecule has 114 valence electrons. The summed E-state index contributed by atoms with van der Waals surface area (Å²) in [6.45, 7) is 6.55. The Morgan fingerprint density at radius 3 is 2.80 bits per heavy atom. The Morgan fingerprint density at radius 1 is 1.35 bits per heavy atom. The van der Waals surface area contributed by atoms with Crippen molar-refractivity contribution in [2.75, 3.05) is 19.8 Å². The zero-order valence-corrected chi connectivity index (χ0v) is 13.2. The van der Waals surface area contributed by atoms with E-state index in [4.69, 9.17) is 16.3 Å². The van der Waals surface area contributed by atoms with Crippen LogP contribution in [0.2, 0.25) is 5.02 Å². The Hall–Kier alpha value is -0.640. The van der Waals surface area contributed by atoms with Crippen LogP contribution in [-0.2, 0) is 11.2 Å². The monoisotopic (exact) mass is 301 g/mol. The quantitative estimate of drug-likeness (QED) is 0.654. The predicted molar refractivity (Wildman–Crippen MR) is 82.9 cm³/mol. The molecule has 0 bridgehead atoms. The molecule has 1 N–H and O–H groups in total. The molecule has 0 heterocycles. The van der Waals surface area contributed by atoms with Crippen LogP contribution in [0.25, 0.3) is 0 Å². The summed E-state index contributed by atoms with van der Waals surface area (Å²) in [4.78, 5) is 0. The molecule has 0 radical (unpaired) electrons. The zero-order chi connectivity index (χ0) is 14.8. The summed E-state index contributed by atoms with van der Waals surface area (Å²) in [5.74, 6) is -0.217. The molecule has 0 saturated heterocycles. The SMILES string of the molecule is CCCNC(CCCOCC)Cc1c(F)cccc1Cl. The van der Waals surface area contributed by atoms with Crippen LogP contribution in [-0.4, -0.2) is 25.8 Å². The van der Waals surface area contributed by atoms with Crippen molar-refractivity contribution in [3.05, 3.63) is 34.6 Å². The molecule has 0 aliphatic heterocycles. The number of nitrogens with one attached hydrogen (secondary N) is 1. The van der Waals surface area contributed by atoms with E-state index >= 15 is 0 Å². The highest BCUT2D eigenvalue weighted by Gasteiger charge is 2.14. The van der Waals surface area contributed by atoms with E-state index in [0.29, 0.717) is 17.0 Å². The third-order valence-electron chi connectivity index (χ3n) is 3.24. The molecule has 0 spiro atoms. The van der Waals surface area contributed by atoms with E-state index < -0.39 is 0 Å². The molecule has 1 unspecified atom stereocenters. The lowest BCUT2D eigenvalue weighted by molar-refractivity contribution is 0.140. The summed E-state index contributed by atoms with van der Waals surface area (Å²) in [6.07, 6.45) is 3.62. The Kier molecular flexibility index (Phi) is 8.83. The highest BCUT2D eigenvalue weighted by molar-refractivity contribution is 6.31. The number of hydrogen-bond donors (Lipinski definition) is 1. The van der Waals surface area contributed by atoms with Gasteiger partial charge >= 0.3 is 0 Å². The zero-order valence-electron chi connectivity index (χ0n) is 12.4. The minimum Gasteiger partial charge on any atom is -0.382 e. The van der Waals surface area contributed by atoms with E-state index in [1.807, 2.05) is 6.92 Å². The van der Waals surface area contributed by atoms with Gasteiger partial charge in [-0.15, -0.1) is 0 Å². The fourth-order valence-electron chi connectivity index (χ4n) is 2.17. The fraction of sp³-hybridized carbons (Fsp3) is 0.625. The maximum atomic E-state index is 13.8. The number of halogens is 2. The molecule has 0 saturated carbocycles. The van der Waals surface area contributed by atoms with E-state index in [-0.39, 0.29) is 11.9 Å². The fourth-order valence-corrected chi connectivity index (χ4v) is 2.41. The van der Waals surface area contributed by atoms with Gasteiger partial charge < -0.3 is 10.1 Å². The topological polar surface area (TPSA) is 21.3 Å². The van der Waals surface area contributed by atoms with E-state index in [9.17, 15) is 4.39 Å². The number of hydrogen-bond acceptors (Lipinski definition) is 2. The predicted octanol–water partition coefficient (Wildman–Crippen LogP) is 4.21. The summed E-state index contributed by atoms with van der Waals surface area (Å²) in [5.41, 5.74) is 0.610. The van der Waals surface area contributed by atoms with Crippen LogP contribution in [0.3, 0.4) is 0 Å². The molecular weight excluding hydrogens is 277 g/mol. The molecule has 20 heavy (non-hydrogen) atoms. The highest BCUT2D eigenvalue weighted by Crippen LogP contribution is 2.21.